The van der Waals surface area contributed by atoms with Crippen molar-refractivity contribution in [3.05, 3.63) is 70.9 Å². The first-order valence-electron chi connectivity index (χ1n) is 6.83. The van der Waals surface area contributed by atoms with Gasteiger partial charge in [-0.15, -0.1) is 0 Å². The number of amides is 2. The van der Waals surface area contributed by atoms with Crippen molar-refractivity contribution >= 4 is 35.4 Å². The number of carbonyl (C=O) groups is 2. The van der Waals surface area contributed by atoms with Gasteiger partial charge in [0.25, 0.3) is 0 Å². The second-order valence-corrected chi connectivity index (χ2v) is 5.19. The van der Waals surface area contributed by atoms with Gasteiger partial charge in [0.15, 0.2) is 0 Å². The van der Waals surface area contributed by atoms with Crippen LogP contribution in [0.5, 0.6) is 0 Å². The van der Waals surface area contributed by atoms with Crippen LogP contribution in [0.25, 0.3) is 6.08 Å². The molecule has 2 amide bonds. The average molecular weight is 331 g/mol. The molecule has 0 aromatic heterocycles. The molecule has 5 nitrogen and oxygen atoms in total. The standard InChI is InChI=1S/C17H15ClN2O3/c18-14-3-1-2-12(10-14)8-9-19-17(23)20-15-6-4-13(5-7-15)11-16(21)22/h1-10H,11H2,(H,21,22)(H2,19,20,23)/b9-8+. The number of carboxylic acid groups (broad SMARTS) is 1. The second kappa shape index (κ2) is 8.00. The third-order valence-electron chi connectivity index (χ3n) is 2.91. The van der Waals surface area contributed by atoms with Gasteiger partial charge in [-0.05, 0) is 41.5 Å². The predicted molar refractivity (Wildman–Crippen MR) is 90.4 cm³/mol. The lowest BCUT2D eigenvalue weighted by Gasteiger charge is -2.05. The first kappa shape index (κ1) is 16.6. The molecule has 0 saturated heterocycles. The number of nitrogens with one attached hydrogen (secondary N) is 2. The fourth-order valence-corrected chi connectivity index (χ4v) is 2.07. The van der Waals surface area contributed by atoms with Crippen molar-refractivity contribution in [1.29, 1.82) is 0 Å². The van der Waals surface area contributed by atoms with E-state index in [1.54, 1.807) is 42.5 Å². The van der Waals surface area contributed by atoms with Crippen LogP contribution >= 0.6 is 11.6 Å². The summed E-state index contributed by atoms with van der Waals surface area (Å²) >= 11 is 5.87. The Hall–Kier alpha value is -2.79. The third-order valence-corrected chi connectivity index (χ3v) is 3.14. The van der Waals surface area contributed by atoms with E-state index in [2.05, 4.69) is 10.6 Å². The first-order valence-corrected chi connectivity index (χ1v) is 7.21. The van der Waals surface area contributed by atoms with Gasteiger partial charge in [-0.3, -0.25) is 4.79 Å². The lowest BCUT2D eigenvalue weighted by atomic mass is 10.1. The molecule has 118 valence electrons. The molecular formula is C17H15ClN2O3. The van der Waals surface area contributed by atoms with Gasteiger partial charge in [0.05, 0.1) is 6.42 Å². The van der Waals surface area contributed by atoms with E-state index in [-0.39, 0.29) is 6.42 Å². The predicted octanol–water partition coefficient (Wildman–Crippen LogP) is 3.76. The van der Waals surface area contributed by atoms with Gasteiger partial charge >= 0.3 is 12.0 Å². The largest absolute Gasteiger partial charge is 0.481 e. The van der Waals surface area contributed by atoms with E-state index in [1.165, 1.54) is 6.20 Å². The Morgan fingerprint density at radius 2 is 1.87 bits per heavy atom. The molecule has 0 atom stereocenters. The Balaban J connectivity index is 1.86. The highest BCUT2D eigenvalue weighted by Gasteiger charge is 2.02. The van der Waals surface area contributed by atoms with Crippen molar-refractivity contribution in [2.24, 2.45) is 0 Å². The summed E-state index contributed by atoms with van der Waals surface area (Å²) in [7, 11) is 0. The third kappa shape index (κ3) is 5.84. The van der Waals surface area contributed by atoms with Crippen molar-refractivity contribution < 1.29 is 14.7 Å². The zero-order chi connectivity index (χ0) is 16.7. The summed E-state index contributed by atoms with van der Waals surface area (Å²) in [6.07, 6.45) is 3.19. The van der Waals surface area contributed by atoms with Gasteiger partial charge in [0, 0.05) is 16.9 Å². The number of hydrogen-bond acceptors (Lipinski definition) is 2. The van der Waals surface area contributed by atoms with Crippen LogP contribution in [0.1, 0.15) is 11.1 Å². The summed E-state index contributed by atoms with van der Waals surface area (Å²) in [4.78, 5) is 22.3. The molecule has 0 bridgehead atoms. The molecule has 0 aliphatic heterocycles. The first-order chi connectivity index (χ1) is 11.0. The Kier molecular flexibility index (Phi) is 5.77. The smallest absolute Gasteiger partial charge is 0.323 e. The quantitative estimate of drug-likeness (QED) is 0.781. The molecule has 0 fully saturated rings. The Bertz CT molecular complexity index is 727. The van der Waals surface area contributed by atoms with E-state index in [1.807, 2.05) is 12.1 Å². The van der Waals surface area contributed by atoms with Crippen molar-refractivity contribution in [1.82, 2.24) is 5.32 Å². The molecule has 0 aliphatic carbocycles. The van der Waals surface area contributed by atoms with Crippen LogP contribution in [0, 0.1) is 0 Å². The zero-order valence-corrected chi connectivity index (χ0v) is 12.9. The molecule has 0 saturated carbocycles. The average Bonchev–Trinajstić information content (AvgIpc) is 2.49. The molecule has 0 spiro atoms. The van der Waals surface area contributed by atoms with Crippen LogP contribution in [-0.2, 0) is 11.2 Å². The molecule has 2 aromatic carbocycles. The zero-order valence-electron chi connectivity index (χ0n) is 12.1. The highest BCUT2D eigenvalue weighted by Crippen LogP contribution is 2.12. The van der Waals surface area contributed by atoms with E-state index in [0.717, 1.165) is 5.56 Å². The topological polar surface area (TPSA) is 78.4 Å². The number of aliphatic carboxylic acids is 1. The molecule has 2 aromatic rings. The highest BCUT2D eigenvalue weighted by molar-refractivity contribution is 6.30. The monoisotopic (exact) mass is 330 g/mol. The van der Waals surface area contributed by atoms with Gasteiger partial charge in [0.1, 0.15) is 0 Å². The Morgan fingerprint density at radius 3 is 2.52 bits per heavy atom. The van der Waals surface area contributed by atoms with Crippen LogP contribution in [0.3, 0.4) is 0 Å². The summed E-state index contributed by atoms with van der Waals surface area (Å²) in [6, 6.07) is 13.5. The van der Waals surface area contributed by atoms with Crippen LogP contribution in [-0.4, -0.2) is 17.1 Å². The van der Waals surface area contributed by atoms with E-state index in [0.29, 0.717) is 16.3 Å². The van der Waals surface area contributed by atoms with E-state index in [4.69, 9.17) is 16.7 Å². The lowest BCUT2D eigenvalue weighted by molar-refractivity contribution is -0.136. The number of halogens is 1. The summed E-state index contributed by atoms with van der Waals surface area (Å²) in [6.45, 7) is 0. The molecule has 23 heavy (non-hydrogen) atoms. The van der Waals surface area contributed by atoms with Gasteiger partial charge in [-0.1, -0.05) is 35.9 Å². The fraction of sp³-hybridized carbons (Fsp3) is 0.0588. The molecule has 0 unspecified atom stereocenters. The summed E-state index contributed by atoms with van der Waals surface area (Å²) in [5.74, 6) is -0.894. The lowest BCUT2D eigenvalue weighted by Crippen LogP contribution is -2.23. The van der Waals surface area contributed by atoms with Crippen molar-refractivity contribution in [3.63, 3.8) is 0 Å². The minimum atomic E-state index is -0.894. The van der Waals surface area contributed by atoms with Gasteiger partial charge in [-0.25, -0.2) is 4.79 Å². The summed E-state index contributed by atoms with van der Waals surface area (Å²) in [5, 5.41) is 14.5. The van der Waals surface area contributed by atoms with E-state index >= 15 is 0 Å². The van der Waals surface area contributed by atoms with Crippen LogP contribution in [0.2, 0.25) is 5.02 Å². The molecule has 2 rings (SSSR count). The SMILES string of the molecule is O=C(O)Cc1ccc(NC(=O)N/C=C/c2cccc(Cl)c2)cc1. The van der Waals surface area contributed by atoms with Crippen molar-refractivity contribution in [2.75, 3.05) is 5.32 Å². The minimum absolute atomic E-state index is 0.0468. The van der Waals surface area contributed by atoms with E-state index < -0.39 is 12.0 Å². The number of benzene rings is 2. The number of rotatable bonds is 5. The van der Waals surface area contributed by atoms with Crippen LogP contribution < -0.4 is 10.6 Å². The maximum Gasteiger partial charge on any atom is 0.323 e. The molecule has 0 heterocycles. The molecule has 0 aliphatic rings. The number of urea groups is 1. The maximum atomic E-state index is 11.7. The van der Waals surface area contributed by atoms with Gasteiger partial charge in [-0.2, -0.15) is 0 Å². The number of carbonyl (C=O) groups excluding carboxylic acids is 1. The Morgan fingerprint density at radius 1 is 1.13 bits per heavy atom. The summed E-state index contributed by atoms with van der Waals surface area (Å²) < 4.78 is 0. The molecule has 3 N–H and O–H groups in total. The van der Waals surface area contributed by atoms with Gasteiger partial charge in [0.2, 0.25) is 0 Å². The normalized spacial score (nSPS) is 10.5. The summed E-state index contributed by atoms with van der Waals surface area (Å²) in [5.41, 5.74) is 2.12. The van der Waals surface area contributed by atoms with E-state index in [9.17, 15) is 9.59 Å². The molecular weight excluding hydrogens is 316 g/mol. The Labute approximate surface area is 138 Å². The fourth-order valence-electron chi connectivity index (χ4n) is 1.87. The second-order valence-electron chi connectivity index (χ2n) is 4.75. The number of carboxylic acids is 1. The molecule has 0 radical (unpaired) electrons. The van der Waals surface area contributed by atoms with Crippen LogP contribution in [0.4, 0.5) is 10.5 Å². The molecule has 6 heteroatoms. The number of hydrogen-bond donors (Lipinski definition) is 3. The van der Waals surface area contributed by atoms with Crippen LogP contribution in [0.15, 0.2) is 54.7 Å². The van der Waals surface area contributed by atoms with Crippen molar-refractivity contribution in [3.8, 4) is 0 Å². The minimum Gasteiger partial charge on any atom is -0.481 e. The van der Waals surface area contributed by atoms with Crippen molar-refractivity contribution in [2.45, 2.75) is 6.42 Å². The highest BCUT2D eigenvalue weighted by atomic mass is 35.5. The number of anilines is 1. The maximum absolute atomic E-state index is 11.7. The van der Waals surface area contributed by atoms with Gasteiger partial charge < -0.3 is 15.7 Å².